The zero-order valence-electron chi connectivity index (χ0n) is 23.9. The molecule has 0 bridgehead atoms. The van der Waals surface area contributed by atoms with Crippen LogP contribution < -0.4 is 20.5 Å². The number of halogens is 3. The summed E-state index contributed by atoms with van der Waals surface area (Å²) in [4.78, 5) is 30.0. The Hall–Kier alpha value is -4.24. The Kier molecular flexibility index (Phi) is 9.64. The summed E-state index contributed by atoms with van der Waals surface area (Å²) >= 11 is -0.534. The van der Waals surface area contributed by atoms with Crippen LogP contribution in [0.1, 0.15) is 49.4 Å². The predicted molar refractivity (Wildman–Crippen MR) is 160 cm³/mol. The third kappa shape index (κ3) is 8.02. The summed E-state index contributed by atoms with van der Waals surface area (Å²) in [5.41, 5.74) is 11.0. The molecule has 5 rings (SSSR count). The number of carbonyl (C=O) groups is 2. The Morgan fingerprint density at radius 1 is 1.11 bits per heavy atom. The molecule has 1 aliphatic rings. The van der Waals surface area contributed by atoms with Crippen molar-refractivity contribution in [3.05, 3.63) is 113 Å². The molecule has 44 heavy (non-hydrogen) atoms. The molecular weight excluding hydrogens is 636 g/mol. The molecule has 4 aromatic rings. The van der Waals surface area contributed by atoms with Gasteiger partial charge >= 0.3 is 242 Å². The average Bonchev–Trinajstić information content (AvgIpc) is 3.43. The molecule has 8 nitrogen and oxygen atoms in total. The van der Waals surface area contributed by atoms with E-state index in [2.05, 4.69) is 50.8 Å². The second-order valence-electron chi connectivity index (χ2n) is 10.6. The minimum atomic E-state index is -4.81. The number of aryl methyl sites for hydroxylation is 1. The Morgan fingerprint density at radius 2 is 1.84 bits per heavy atom. The zero-order valence-corrected chi connectivity index (χ0v) is 26.0. The summed E-state index contributed by atoms with van der Waals surface area (Å²) in [6.45, 7) is 3.29. The molecule has 12 heteroatoms. The molecule has 3 aromatic carbocycles. The van der Waals surface area contributed by atoms with Crippen molar-refractivity contribution < 1.29 is 32.2 Å². The van der Waals surface area contributed by atoms with Crippen LogP contribution in [0.5, 0.6) is 11.5 Å². The number of ether oxygens (including phenoxy) is 2. The van der Waals surface area contributed by atoms with Gasteiger partial charge < -0.3 is 4.74 Å². The number of nitrogens with one attached hydrogen (secondary N) is 1. The van der Waals surface area contributed by atoms with Crippen LogP contribution in [0.4, 0.5) is 13.2 Å². The number of carbonyl (C=O) groups excluding carboxylic acids is 2. The molecular formula is C32H32AsF3N4O4. The van der Waals surface area contributed by atoms with E-state index >= 15 is 0 Å². The standard InChI is InChI=1S/C32H32AsF3N4O4/c1-20-5-7-22(8-6-20)18-40-19-38-17-23(40)16-33-27-13-14-43-29-25(27)3-2-4-26(29)31(42)39-28(30(37)41)15-21-9-11-24(12-10-21)44-32(34,35)36/h2-12,17,19,27-28,33H,13-16,18H2,1H3,(H2,37,41)(H,39,42). The number of aromatic nitrogens is 2. The fourth-order valence-corrected chi connectivity index (χ4v) is 8.28. The van der Waals surface area contributed by atoms with E-state index in [0.29, 0.717) is 23.5 Å². The molecule has 3 atom stereocenters. The predicted octanol–water partition coefficient (Wildman–Crippen LogP) is 4.43. The van der Waals surface area contributed by atoms with Crippen molar-refractivity contribution in [3.8, 4) is 11.5 Å². The van der Waals surface area contributed by atoms with Crippen LogP contribution in [0.15, 0.2) is 79.3 Å². The van der Waals surface area contributed by atoms with Gasteiger partial charge in [0.25, 0.3) is 0 Å². The second-order valence-corrected chi connectivity index (χ2v) is 13.7. The van der Waals surface area contributed by atoms with Crippen LogP contribution in [0, 0.1) is 6.92 Å². The van der Waals surface area contributed by atoms with Gasteiger partial charge in [0.05, 0.1) is 0 Å². The Morgan fingerprint density at radius 3 is 2.55 bits per heavy atom. The van der Waals surface area contributed by atoms with Gasteiger partial charge in [-0.2, -0.15) is 0 Å². The summed E-state index contributed by atoms with van der Waals surface area (Å²) in [5, 5.41) is 3.60. The van der Waals surface area contributed by atoms with Crippen molar-refractivity contribution in [2.24, 2.45) is 5.73 Å². The van der Waals surface area contributed by atoms with Crippen molar-refractivity contribution in [2.75, 3.05) is 6.61 Å². The molecule has 0 aliphatic carbocycles. The van der Waals surface area contributed by atoms with Gasteiger partial charge in [-0.15, -0.1) is 13.2 Å². The average molecular weight is 669 g/mol. The van der Waals surface area contributed by atoms with E-state index in [1.54, 1.807) is 6.07 Å². The van der Waals surface area contributed by atoms with Crippen molar-refractivity contribution >= 4 is 27.6 Å². The van der Waals surface area contributed by atoms with E-state index in [1.165, 1.54) is 29.0 Å². The number of hydrogen-bond donors (Lipinski definition) is 2. The molecule has 0 spiro atoms. The van der Waals surface area contributed by atoms with E-state index in [9.17, 15) is 22.8 Å². The molecule has 1 aliphatic heterocycles. The number of primary amides is 1. The number of nitrogens with two attached hydrogens (primary N) is 1. The van der Waals surface area contributed by atoms with E-state index in [1.807, 2.05) is 24.7 Å². The van der Waals surface area contributed by atoms with E-state index < -0.39 is 40.0 Å². The first-order valence-electron chi connectivity index (χ1n) is 14.0. The Labute approximate surface area is 259 Å². The van der Waals surface area contributed by atoms with Gasteiger partial charge in [-0.3, -0.25) is 0 Å². The molecule has 0 saturated carbocycles. The van der Waals surface area contributed by atoms with Crippen LogP contribution in [-0.4, -0.2) is 56.1 Å². The SMILES string of the molecule is Cc1ccc(Cn2cncc2C[AsH]C2CCOc3c(C(=O)NC(Cc4ccc(OC(F)(F)F)cc4)C(N)=O)cccc32)cc1. The van der Waals surface area contributed by atoms with E-state index in [0.717, 1.165) is 35.9 Å². The maximum atomic E-state index is 13.4. The molecule has 1 aromatic heterocycles. The number of hydrogen-bond acceptors (Lipinski definition) is 5. The maximum absolute atomic E-state index is 13.4. The summed E-state index contributed by atoms with van der Waals surface area (Å²) in [6, 6.07) is 17.9. The first-order valence-corrected chi connectivity index (χ1v) is 16.7. The van der Waals surface area contributed by atoms with Gasteiger partial charge in [0.1, 0.15) is 0 Å². The van der Waals surface area contributed by atoms with Crippen molar-refractivity contribution in [3.63, 3.8) is 0 Å². The van der Waals surface area contributed by atoms with Gasteiger partial charge in [-0.1, -0.05) is 0 Å². The monoisotopic (exact) mass is 668 g/mol. The number of amides is 2. The zero-order chi connectivity index (χ0) is 31.3. The number of benzene rings is 3. The van der Waals surface area contributed by atoms with Gasteiger partial charge in [0.2, 0.25) is 0 Å². The third-order valence-corrected chi connectivity index (χ3v) is 10.8. The van der Waals surface area contributed by atoms with Crippen LogP contribution in [-0.2, 0) is 23.0 Å². The number of nitrogens with zero attached hydrogens (tertiary/aromatic N) is 2. The van der Waals surface area contributed by atoms with Crippen LogP contribution >= 0.6 is 0 Å². The first kappa shape index (κ1) is 31.2. The van der Waals surface area contributed by atoms with Crippen molar-refractivity contribution in [2.45, 2.75) is 48.6 Å². The molecule has 230 valence electrons. The van der Waals surface area contributed by atoms with Crippen LogP contribution in [0.3, 0.4) is 0 Å². The van der Waals surface area contributed by atoms with Crippen molar-refractivity contribution in [1.29, 1.82) is 0 Å². The quantitative estimate of drug-likeness (QED) is 0.230. The number of imidazole rings is 1. The molecule has 2 heterocycles. The number of alkyl halides is 3. The summed E-state index contributed by atoms with van der Waals surface area (Å²) < 4.78 is 49.7. The Balaban J connectivity index is 1.25. The van der Waals surface area contributed by atoms with Crippen LogP contribution in [0.2, 0.25) is 0 Å². The topological polar surface area (TPSA) is 108 Å². The fourth-order valence-electron chi connectivity index (χ4n) is 5.09. The first-order chi connectivity index (χ1) is 21.1. The van der Waals surface area contributed by atoms with Gasteiger partial charge in [-0.25, -0.2) is 0 Å². The molecule has 3 N–H and O–H groups in total. The van der Waals surface area contributed by atoms with Gasteiger partial charge in [-0.05, 0) is 0 Å². The number of fused-ring (bicyclic) bond motifs is 1. The molecule has 0 radical (unpaired) electrons. The molecule has 2 amide bonds. The normalized spacial score (nSPS) is 15.4. The molecule has 0 saturated heterocycles. The van der Waals surface area contributed by atoms with Crippen LogP contribution in [0.25, 0.3) is 0 Å². The summed E-state index contributed by atoms with van der Waals surface area (Å²) in [5.74, 6) is -1.16. The van der Waals surface area contributed by atoms with Gasteiger partial charge in [0, 0.05) is 0 Å². The van der Waals surface area contributed by atoms with E-state index in [-0.39, 0.29) is 16.9 Å². The van der Waals surface area contributed by atoms with Gasteiger partial charge in [0.15, 0.2) is 0 Å². The Bertz CT molecular complexity index is 1610. The van der Waals surface area contributed by atoms with Crippen molar-refractivity contribution in [1.82, 2.24) is 14.9 Å². The van der Waals surface area contributed by atoms with E-state index in [4.69, 9.17) is 10.5 Å². The fraction of sp³-hybridized carbons (Fsp3) is 0.281. The second kappa shape index (κ2) is 13.6. The number of para-hydroxylation sites is 1. The third-order valence-electron chi connectivity index (χ3n) is 7.37. The minimum absolute atomic E-state index is 0.00558. The summed E-state index contributed by atoms with van der Waals surface area (Å²) in [7, 11) is 0. The summed E-state index contributed by atoms with van der Waals surface area (Å²) in [6.07, 6.45) is -0.186. The molecule has 0 fully saturated rings. The number of rotatable bonds is 11. The molecule has 3 unspecified atom stereocenters.